The Morgan fingerprint density at radius 1 is 1.15 bits per heavy atom. The standard InChI is InChI=1S/C20H19N3O4/c1-27-18-10-6-5-9-17(18)23-13-15(12-21-23)19(24)22-16(20(25)26)11-14-7-3-2-4-8-14/h2-10,12-13,16H,11H2,1H3,(H,22,24)(H,25,26). The van der Waals surface area contributed by atoms with Crippen molar-refractivity contribution in [2.75, 3.05) is 7.11 Å². The maximum absolute atomic E-state index is 12.5. The fourth-order valence-electron chi connectivity index (χ4n) is 2.68. The first-order valence-electron chi connectivity index (χ1n) is 8.34. The molecular formula is C20H19N3O4. The molecule has 0 radical (unpaired) electrons. The van der Waals surface area contributed by atoms with Gasteiger partial charge in [-0.15, -0.1) is 0 Å². The Bertz CT molecular complexity index is 937. The van der Waals surface area contributed by atoms with Crippen molar-refractivity contribution < 1.29 is 19.4 Å². The van der Waals surface area contributed by atoms with Gasteiger partial charge in [0.2, 0.25) is 0 Å². The molecule has 0 aliphatic rings. The van der Waals surface area contributed by atoms with Gasteiger partial charge in [0.15, 0.2) is 0 Å². The minimum absolute atomic E-state index is 0.197. The predicted octanol–water partition coefficient (Wildman–Crippen LogP) is 2.31. The van der Waals surface area contributed by atoms with Gasteiger partial charge < -0.3 is 15.2 Å². The van der Waals surface area contributed by atoms with Crippen LogP contribution in [0.1, 0.15) is 15.9 Å². The molecule has 1 heterocycles. The third-order valence-corrected chi connectivity index (χ3v) is 4.06. The molecule has 2 N–H and O–H groups in total. The molecule has 0 saturated carbocycles. The van der Waals surface area contributed by atoms with Gasteiger partial charge in [-0.05, 0) is 17.7 Å². The maximum Gasteiger partial charge on any atom is 0.326 e. The molecule has 0 spiro atoms. The van der Waals surface area contributed by atoms with E-state index in [-0.39, 0.29) is 12.0 Å². The summed E-state index contributed by atoms with van der Waals surface area (Å²) >= 11 is 0. The second-order valence-corrected chi connectivity index (χ2v) is 5.90. The lowest BCUT2D eigenvalue weighted by atomic mass is 10.1. The zero-order valence-corrected chi connectivity index (χ0v) is 14.7. The van der Waals surface area contributed by atoms with Crippen molar-refractivity contribution >= 4 is 11.9 Å². The Labute approximate surface area is 156 Å². The number of amides is 1. The number of rotatable bonds is 7. The number of hydrogen-bond donors (Lipinski definition) is 2. The van der Waals surface area contributed by atoms with E-state index in [0.717, 1.165) is 5.56 Å². The van der Waals surface area contributed by atoms with Crippen LogP contribution in [0, 0.1) is 0 Å². The van der Waals surface area contributed by atoms with Crippen LogP contribution < -0.4 is 10.1 Å². The van der Waals surface area contributed by atoms with Gasteiger partial charge in [0.25, 0.3) is 5.91 Å². The zero-order chi connectivity index (χ0) is 19.2. The Hall–Kier alpha value is -3.61. The molecule has 1 aromatic heterocycles. The first-order chi connectivity index (χ1) is 13.1. The number of carbonyl (C=O) groups excluding carboxylic acids is 1. The quantitative estimate of drug-likeness (QED) is 0.670. The van der Waals surface area contributed by atoms with Crippen LogP contribution in [-0.4, -0.2) is 39.9 Å². The smallest absolute Gasteiger partial charge is 0.326 e. The van der Waals surface area contributed by atoms with Gasteiger partial charge in [0.05, 0.1) is 18.9 Å². The van der Waals surface area contributed by atoms with Crippen molar-refractivity contribution in [2.24, 2.45) is 0 Å². The summed E-state index contributed by atoms with van der Waals surface area (Å²) in [5.41, 5.74) is 1.77. The van der Waals surface area contributed by atoms with Gasteiger partial charge in [-0.3, -0.25) is 4.79 Å². The van der Waals surface area contributed by atoms with Crippen molar-refractivity contribution in [3.05, 3.63) is 78.1 Å². The molecule has 1 unspecified atom stereocenters. The first kappa shape index (κ1) is 18.2. The highest BCUT2D eigenvalue weighted by atomic mass is 16.5. The van der Waals surface area contributed by atoms with Crippen LogP contribution >= 0.6 is 0 Å². The number of carboxylic acid groups (broad SMARTS) is 1. The van der Waals surface area contributed by atoms with Crippen LogP contribution in [0.25, 0.3) is 5.69 Å². The first-order valence-corrected chi connectivity index (χ1v) is 8.34. The molecule has 0 aliphatic heterocycles. The Balaban J connectivity index is 1.75. The molecule has 0 bridgehead atoms. The number of carboxylic acids is 1. The Kier molecular flexibility index (Phi) is 5.51. The third kappa shape index (κ3) is 4.33. The number of nitrogens with zero attached hydrogens (tertiary/aromatic N) is 2. The van der Waals surface area contributed by atoms with Crippen LogP contribution in [0.5, 0.6) is 5.75 Å². The summed E-state index contributed by atoms with van der Waals surface area (Å²) in [6.45, 7) is 0. The molecule has 7 nitrogen and oxygen atoms in total. The van der Waals surface area contributed by atoms with E-state index >= 15 is 0 Å². The van der Waals surface area contributed by atoms with E-state index in [1.165, 1.54) is 17.1 Å². The second-order valence-electron chi connectivity index (χ2n) is 5.90. The monoisotopic (exact) mass is 365 g/mol. The molecule has 1 amide bonds. The summed E-state index contributed by atoms with van der Waals surface area (Å²) in [5.74, 6) is -0.983. The van der Waals surface area contributed by atoms with Gasteiger partial charge in [-0.2, -0.15) is 5.10 Å². The molecule has 0 fully saturated rings. The number of carbonyl (C=O) groups is 2. The van der Waals surface area contributed by atoms with Crippen LogP contribution in [0.15, 0.2) is 67.0 Å². The molecule has 2 aromatic carbocycles. The lowest BCUT2D eigenvalue weighted by molar-refractivity contribution is -0.139. The van der Waals surface area contributed by atoms with E-state index in [9.17, 15) is 14.7 Å². The lowest BCUT2D eigenvalue weighted by Crippen LogP contribution is -2.42. The minimum atomic E-state index is -1.09. The number of para-hydroxylation sites is 2. The number of nitrogens with one attached hydrogen (secondary N) is 1. The van der Waals surface area contributed by atoms with Crippen LogP contribution in [0.4, 0.5) is 0 Å². The zero-order valence-electron chi connectivity index (χ0n) is 14.7. The number of aromatic nitrogens is 2. The molecule has 0 saturated heterocycles. The fourth-order valence-corrected chi connectivity index (χ4v) is 2.68. The normalized spacial score (nSPS) is 11.6. The second kappa shape index (κ2) is 8.18. The van der Waals surface area contributed by atoms with E-state index < -0.39 is 17.9 Å². The van der Waals surface area contributed by atoms with Crippen molar-refractivity contribution in [2.45, 2.75) is 12.5 Å². The Morgan fingerprint density at radius 2 is 1.85 bits per heavy atom. The number of methoxy groups -OCH3 is 1. The van der Waals surface area contributed by atoms with E-state index in [4.69, 9.17) is 4.74 Å². The largest absolute Gasteiger partial charge is 0.494 e. The van der Waals surface area contributed by atoms with E-state index in [2.05, 4.69) is 10.4 Å². The average Bonchev–Trinajstić information content (AvgIpc) is 3.18. The highest BCUT2D eigenvalue weighted by molar-refractivity contribution is 5.96. The summed E-state index contributed by atoms with van der Waals surface area (Å²) in [6.07, 6.45) is 3.13. The summed E-state index contributed by atoms with van der Waals surface area (Å²) in [4.78, 5) is 24.0. The number of aliphatic carboxylic acids is 1. The molecule has 3 aromatic rings. The topological polar surface area (TPSA) is 93.5 Å². The third-order valence-electron chi connectivity index (χ3n) is 4.06. The molecule has 138 valence electrons. The summed E-state index contributed by atoms with van der Waals surface area (Å²) in [5, 5.41) is 16.2. The van der Waals surface area contributed by atoms with Crippen molar-refractivity contribution in [3.63, 3.8) is 0 Å². The minimum Gasteiger partial charge on any atom is -0.494 e. The van der Waals surface area contributed by atoms with Crippen molar-refractivity contribution in [1.29, 1.82) is 0 Å². The average molecular weight is 365 g/mol. The van der Waals surface area contributed by atoms with E-state index in [0.29, 0.717) is 11.4 Å². The maximum atomic E-state index is 12.5. The summed E-state index contributed by atoms with van der Waals surface area (Å²) in [7, 11) is 1.55. The molecule has 0 aliphatic carbocycles. The predicted molar refractivity (Wildman–Crippen MR) is 99.2 cm³/mol. The molecule has 1 atom stereocenters. The van der Waals surface area contributed by atoms with E-state index in [1.54, 1.807) is 13.2 Å². The fraction of sp³-hybridized carbons (Fsp3) is 0.150. The van der Waals surface area contributed by atoms with Gasteiger partial charge in [-0.25, -0.2) is 9.48 Å². The molecule has 3 rings (SSSR count). The highest BCUT2D eigenvalue weighted by Gasteiger charge is 2.22. The van der Waals surface area contributed by atoms with Crippen LogP contribution in [0.2, 0.25) is 0 Å². The van der Waals surface area contributed by atoms with Crippen LogP contribution in [-0.2, 0) is 11.2 Å². The van der Waals surface area contributed by atoms with Crippen molar-refractivity contribution in [3.8, 4) is 11.4 Å². The van der Waals surface area contributed by atoms with E-state index in [1.807, 2.05) is 48.5 Å². The number of benzene rings is 2. The summed E-state index contributed by atoms with van der Waals surface area (Å²) < 4.78 is 6.81. The number of hydrogen-bond acceptors (Lipinski definition) is 4. The van der Waals surface area contributed by atoms with Crippen molar-refractivity contribution in [1.82, 2.24) is 15.1 Å². The van der Waals surface area contributed by atoms with Gasteiger partial charge >= 0.3 is 5.97 Å². The SMILES string of the molecule is COc1ccccc1-n1cc(C(=O)NC(Cc2ccccc2)C(=O)O)cn1. The van der Waals surface area contributed by atoms with Gasteiger partial charge in [-0.1, -0.05) is 42.5 Å². The van der Waals surface area contributed by atoms with Gasteiger partial charge in [0, 0.05) is 12.6 Å². The summed E-state index contributed by atoms with van der Waals surface area (Å²) in [6, 6.07) is 15.4. The molecule has 27 heavy (non-hydrogen) atoms. The highest BCUT2D eigenvalue weighted by Crippen LogP contribution is 2.21. The number of ether oxygens (including phenoxy) is 1. The molecular weight excluding hydrogens is 346 g/mol. The lowest BCUT2D eigenvalue weighted by Gasteiger charge is -2.14. The van der Waals surface area contributed by atoms with Gasteiger partial charge in [0.1, 0.15) is 17.5 Å². The Morgan fingerprint density at radius 3 is 2.56 bits per heavy atom. The van der Waals surface area contributed by atoms with Crippen LogP contribution in [0.3, 0.4) is 0 Å². The molecule has 7 heteroatoms.